The maximum Gasteiger partial charge on any atom is 0.127 e. The fourth-order valence-electron chi connectivity index (χ4n) is 1.99. The fourth-order valence-corrected chi connectivity index (χ4v) is 2.48. The Bertz CT molecular complexity index is 750. The number of anilines is 1. The van der Waals surface area contributed by atoms with Crippen LogP contribution in [0.1, 0.15) is 0 Å². The van der Waals surface area contributed by atoms with Crippen molar-refractivity contribution in [3.63, 3.8) is 0 Å². The first kappa shape index (κ1) is 13.2. The van der Waals surface area contributed by atoms with Gasteiger partial charge < -0.3 is 5.73 Å². The second-order valence-corrected chi connectivity index (χ2v) is 5.65. The van der Waals surface area contributed by atoms with Crippen LogP contribution >= 0.6 is 27.5 Å². The topological polar surface area (TPSA) is 43.8 Å². The van der Waals surface area contributed by atoms with Crippen LogP contribution in [0.4, 0.5) is 5.82 Å². The summed E-state index contributed by atoms with van der Waals surface area (Å²) in [6, 6.07) is 17.2. The number of nitrogens with zero attached hydrogens (tertiary/aromatic N) is 2. The van der Waals surface area contributed by atoms with Crippen molar-refractivity contribution in [1.29, 1.82) is 0 Å². The third-order valence-electron chi connectivity index (χ3n) is 2.96. The van der Waals surface area contributed by atoms with E-state index >= 15 is 0 Å². The van der Waals surface area contributed by atoms with Crippen molar-refractivity contribution in [1.82, 2.24) is 9.78 Å². The van der Waals surface area contributed by atoms with E-state index in [4.69, 9.17) is 17.3 Å². The van der Waals surface area contributed by atoms with Gasteiger partial charge in [-0.3, -0.25) is 0 Å². The van der Waals surface area contributed by atoms with Crippen LogP contribution in [-0.2, 0) is 0 Å². The molecule has 0 atom stereocenters. The molecule has 3 nitrogen and oxygen atoms in total. The third-order valence-corrected chi connectivity index (χ3v) is 3.82. The highest BCUT2D eigenvalue weighted by atomic mass is 79.9. The Hall–Kier alpha value is -1.78. The molecule has 0 aliphatic carbocycles. The van der Waals surface area contributed by atoms with Gasteiger partial charge in [-0.1, -0.05) is 45.7 Å². The Balaban J connectivity index is 2.08. The molecule has 100 valence electrons. The van der Waals surface area contributed by atoms with Crippen LogP contribution in [0.25, 0.3) is 16.9 Å². The molecule has 1 aromatic heterocycles. The average molecular weight is 349 g/mol. The average Bonchev–Trinajstić information content (AvgIpc) is 2.82. The zero-order chi connectivity index (χ0) is 14.1. The number of nitrogens with two attached hydrogens (primary N) is 1. The van der Waals surface area contributed by atoms with Crippen molar-refractivity contribution in [2.75, 3.05) is 5.73 Å². The van der Waals surface area contributed by atoms with E-state index in [9.17, 15) is 0 Å². The molecule has 0 saturated carbocycles. The van der Waals surface area contributed by atoms with E-state index in [-0.39, 0.29) is 0 Å². The molecule has 0 saturated heterocycles. The summed E-state index contributed by atoms with van der Waals surface area (Å²) in [7, 11) is 0. The fraction of sp³-hybridized carbons (Fsp3) is 0. The molecule has 3 rings (SSSR count). The van der Waals surface area contributed by atoms with Crippen LogP contribution in [0.15, 0.2) is 59.1 Å². The zero-order valence-corrected chi connectivity index (χ0v) is 12.8. The number of halogens is 2. The summed E-state index contributed by atoms with van der Waals surface area (Å²) in [5.41, 5.74) is 8.58. The highest BCUT2D eigenvalue weighted by Gasteiger charge is 2.11. The zero-order valence-electron chi connectivity index (χ0n) is 10.4. The Morgan fingerprint density at radius 3 is 2.45 bits per heavy atom. The number of hydrogen-bond acceptors (Lipinski definition) is 2. The predicted octanol–water partition coefficient (Wildman–Crippen LogP) is 4.54. The van der Waals surface area contributed by atoms with Crippen molar-refractivity contribution in [3.8, 4) is 16.9 Å². The van der Waals surface area contributed by atoms with Gasteiger partial charge in [-0.05, 0) is 30.3 Å². The van der Waals surface area contributed by atoms with Gasteiger partial charge in [-0.15, -0.1) is 0 Å². The van der Waals surface area contributed by atoms with Crippen molar-refractivity contribution in [2.24, 2.45) is 0 Å². The summed E-state index contributed by atoms with van der Waals surface area (Å²) < 4.78 is 2.71. The molecule has 2 N–H and O–H groups in total. The lowest BCUT2D eigenvalue weighted by molar-refractivity contribution is 0.895. The first-order chi connectivity index (χ1) is 9.65. The van der Waals surface area contributed by atoms with Crippen LogP contribution in [0, 0.1) is 0 Å². The molecule has 0 spiro atoms. The lowest BCUT2D eigenvalue weighted by Gasteiger charge is -2.03. The Morgan fingerprint density at radius 2 is 1.75 bits per heavy atom. The molecular weight excluding hydrogens is 338 g/mol. The molecule has 0 aliphatic rings. The molecule has 0 amide bonds. The van der Waals surface area contributed by atoms with Gasteiger partial charge in [-0.2, -0.15) is 5.10 Å². The van der Waals surface area contributed by atoms with Gasteiger partial charge in [0, 0.05) is 16.1 Å². The van der Waals surface area contributed by atoms with Gasteiger partial charge in [0.25, 0.3) is 0 Å². The first-order valence-electron chi connectivity index (χ1n) is 6.01. The Morgan fingerprint density at radius 1 is 1.05 bits per heavy atom. The normalized spacial score (nSPS) is 10.7. The summed E-state index contributed by atoms with van der Waals surface area (Å²) in [5, 5.41) is 5.19. The minimum atomic E-state index is 0.572. The van der Waals surface area contributed by atoms with Crippen LogP contribution in [-0.4, -0.2) is 9.78 Å². The molecule has 0 radical (unpaired) electrons. The van der Waals surface area contributed by atoms with Crippen LogP contribution in [0.3, 0.4) is 0 Å². The summed E-state index contributed by atoms with van der Waals surface area (Å²) in [6.07, 6.45) is 0. The predicted molar refractivity (Wildman–Crippen MR) is 86.1 cm³/mol. The largest absolute Gasteiger partial charge is 0.384 e. The highest BCUT2D eigenvalue weighted by Crippen LogP contribution is 2.29. The molecule has 2 aromatic carbocycles. The SMILES string of the molecule is Nc1cc(-c2ccccc2Cl)nn1-c1ccc(Br)cc1. The van der Waals surface area contributed by atoms with Gasteiger partial charge in [0.15, 0.2) is 0 Å². The van der Waals surface area contributed by atoms with E-state index in [1.165, 1.54) is 0 Å². The van der Waals surface area contributed by atoms with Gasteiger partial charge in [0.05, 0.1) is 16.4 Å². The Kier molecular flexibility index (Phi) is 3.51. The second kappa shape index (κ2) is 5.31. The molecule has 1 heterocycles. The first-order valence-corrected chi connectivity index (χ1v) is 7.18. The minimum absolute atomic E-state index is 0.572. The molecule has 0 bridgehead atoms. The molecule has 0 fully saturated rings. The maximum atomic E-state index is 6.19. The van der Waals surface area contributed by atoms with Gasteiger partial charge in [-0.25, -0.2) is 4.68 Å². The van der Waals surface area contributed by atoms with Gasteiger partial charge in [0.1, 0.15) is 5.82 Å². The lowest BCUT2D eigenvalue weighted by atomic mass is 10.1. The van der Waals surface area contributed by atoms with Crippen molar-refractivity contribution in [3.05, 3.63) is 64.1 Å². The van der Waals surface area contributed by atoms with Crippen molar-refractivity contribution < 1.29 is 0 Å². The number of aromatic nitrogens is 2. The second-order valence-electron chi connectivity index (χ2n) is 4.32. The molecular formula is C15H11BrClN3. The smallest absolute Gasteiger partial charge is 0.127 e. The van der Waals surface area contributed by atoms with Crippen LogP contribution in [0.2, 0.25) is 5.02 Å². The van der Waals surface area contributed by atoms with E-state index in [0.29, 0.717) is 10.8 Å². The van der Waals surface area contributed by atoms with E-state index in [1.807, 2.05) is 54.6 Å². The minimum Gasteiger partial charge on any atom is -0.384 e. The molecule has 3 aromatic rings. The van der Waals surface area contributed by atoms with Crippen molar-refractivity contribution >= 4 is 33.3 Å². The quantitative estimate of drug-likeness (QED) is 0.739. The van der Waals surface area contributed by atoms with Crippen molar-refractivity contribution in [2.45, 2.75) is 0 Å². The molecule has 0 aliphatic heterocycles. The van der Waals surface area contributed by atoms with Gasteiger partial charge >= 0.3 is 0 Å². The summed E-state index contributed by atoms with van der Waals surface area (Å²) in [5.74, 6) is 0.572. The highest BCUT2D eigenvalue weighted by molar-refractivity contribution is 9.10. The van der Waals surface area contributed by atoms with E-state index < -0.39 is 0 Å². The van der Waals surface area contributed by atoms with E-state index in [1.54, 1.807) is 4.68 Å². The molecule has 0 unspecified atom stereocenters. The monoisotopic (exact) mass is 347 g/mol. The van der Waals surface area contributed by atoms with Gasteiger partial charge in [0.2, 0.25) is 0 Å². The molecule has 20 heavy (non-hydrogen) atoms. The van der Waals surface area contributed by atoms with Crippen LogP contribution in [0.5, 0.6) is 0 Å². The van der Waals surface area contributed by atoms with E-state index in [2.05, 4.69) is 21.0 Å². The third kappa shape index (κ3) is 2.44. The summed E-state index contributed by atoms with van der Waals surface area (Å²) >= 11 is 9.60. The maximum absolute atomic E-state index is 6.19. The number of benzene rings is 2. The number of rotatable bonds is 2. The van der Waals surface area contributed by atoms with E-state index in [0.717, 1.165) is 21.4 Å². The summed E-state index contributed by atoms with van der Waals surface area (Å²) in [4.78, 5) is 0. The standard InChI is InChI=1S/C15H11BrClN3/c16-10-5-7-11(8-6-10)20-15(18)9-14(19-20)12-3-1-2-4-13(12)17/h1-9H,18H2. The number of nitrogen functional groups attached to an aromatic ring is 1. The van der Waals surface area contributed by atoms with Crippen LogP contribution < -0.4 is 5.73 Å². The number of hydrogen-bond donors (Lipinski definition) is 1. The Labute approximate surface area is 130 Å². The lowest BCUT2D eigenvalue weighted by Crippen LogP contribution is -2.01. The summed E-state index contributed by atoms with van der Waals surface area (Å²) in [6.45, 7) is 0. The molecule has 5 heteroatoms.